The summed E-state index contributed by atoms with van der Waals surface area (Å²) < 4.78 is 34.6. The van der Waals surface area contributed by atoms with Crippen LogP contribution in [0.3, 0.4) is 0 Å². The third-order valence-corrected chi connectivity index (χ3v) is 2.91. The predicted molar refractivity (Wildman–Crippen MR) is 80.8 cm³/mol. The van der Waals surface area contributed by atoms with Gasteiger partial charge in [0.2, 0.25) is 0 Å². The van der Waals surface area contributed by atoms with Crippen LogP contribution in [0.25, 0.3) is 5.76 Å². The summed E-state index contributed by atoms with van der Waals surface area (Å²) in [6, 6.07) is 14.7. The first-order valence-corrected chi connectivity index (χ1v) is 6.50. The molecule has 0 amide bonds. The van der Waals surface area contributed by atoms with Crippen molar-refractivity contribution in [2.75, 3.05) is 7.11 Å². The molecule has 0 fully saturated rings. The number of benzene rings is 2. The zero-order valence-corrected chi connectivity index (χ0v) is 11.8. The molecule has 0 bridgehead atoms. The number of carbonyl (C=O) groups excluding carboxylic acids is 1. The zero-order valence-electron chi connectivity index (χ0n) is 11.8. The lowest BCUT2D eigenvalue weighted by Crippen LogP contribution is -2.06. The first-order valence-electron chi connectivity index (χ1n) is 6.50. The molecule has 0 heterocycles. The Morgan fingerprint density at radius 2 is 1.64 bits per heavy atom. The van der Waals surface area contributed by atoms with Gasteiger partial charge in [0, 0.05) is 17.2 Å². The van der Waals surface area contributed by atoms with Crippen molar-refractivity contribution in [3.63, 3.8) is 0 Å². The van der Waals surface area contributed by atoms with E-state index in [1.165, 1.54) is 7.11 Å². The molecule has 0 saturated carbocycles. The van der Waals surface area contributed by atoms with E-state index >= 15 is 0 Å². The van der Waals surface area contributed by atoms with E-state index in [1.54, 1.807) is 54.6 Å². The second-order valence-electron chi connectivity index (χ2n) is 4.35. The maximum absolute atomic E-state index is 12.6. The minimum Gasteiger partial charge on any atom is -0.505 e. The second-order valence-corrected chi connectivity index (χ2v) is 4.35. The Bertz CT molecular complexity index is 655. The van der Waals surface area contributed by atoms with Crippen LogP contribution < -0.4 is 4.74 Å². The van der Waals surface area contributed by atoms with E-state index in [-0.39, 0.29) is 5.76 Å². The van der Waals surface area contributed by atoms with Crippen LogP contribution in [-0.4, -0.2) is 20.4 Å². The van der Waals surface area contributed by atoms with E-state index < -0.39 is 13.3 Å². The topological polar surface area (TPSA) is 35.5 Å². The molecule has 0 aliphatic heterocycles. The Morgan fingerprint density at radius 1 is 1.00 bits per heavy atom. The van der Waals surface area contributed by atoms with E-state index in [1.807, 2.05) is 0 Å². The Morgan fingerprint density at radius 3 is 2.18 bits per heavy atom. The molecular weight excluding hydrogens is 289 g/mol. The van der Waals surface area contributed by atoms with Gasteiger partial charge in [0.15, 0.2) is 5.78 Å². The fourth-order valence-corrected chi connectivity index (χ4v) is 1.84. The third-order valence-electron chi connectivity index (χ3n) is 2.91. The van der Waals surface area contributed by atoms with Crippen LogP contribution in [0.15, 0.2) is 60.7 Å². The Hall–Kier alpha value is -2.63. The Labute approximate surface area is 127 Å². The largest absolute Gasteiger partial charge is 0.796 e. The predicted octanol–water partition coefficient (Wildman–Crippen LogP) is 3.86. The molecule has 0 unspecified atom stereocenters. The fraction of sp³-hybridized carbons (Fsp3) is 0.0625. The molecule has 2 aromatic rings. The summed E-state index contributed by atoms with van der Waals surface area (Å²) in [5.74, 6) is -0.0203. The summed E-state index contributed by atoms with van der Waals surface area (Å²) in [5.41, 5.74) is 0.761. The number of ketones is 1. The summed E-state index contributed by atoms with van der Waals surface area (Å²) in [4.78, 5) is 12.1. The highest BCUT2D eigenvalue weighted by molar-refractivity contribution is 6.36. The highest BCUT2D eigenvalue weighted by Crippen LogP contribution is 2.21. The second kappa shape index (κ2) is 7.40. The molecular formula is C16H13BF2O3. The summed E-state index contributed by atoms with van der Waals surface area (Å²) in [7, 11) is -1.52. The minimum absolute atomic E-state index is 0.188. The van der Waals surface area contributed by atoms with Crippen molar-refractivity contribution in [3.05, 3.63) is 71.8 Å². The molecule has 22 heavy (non-hydrogen) atoms. The average molecular weight is 302 g/mol. The van der Waals surface area contributed by atoms with Crippen molar-refractivity contribution < 1.29 is 22.8 Å². The van der Waals surface area contributed by atoms with E-state index in [0.29, 0.717) is 16.9 Å². The maximum atomic E-state index is 12.6. The third kappa shape index (κ3) is 4.18. The first-order chi connectivity index (χ1) is 10.6. The normalized spacial score (nSPS) is 11.0. The van der Waals surface area contributed by atoms with Crippen LogP contribution in [0.4, 0.5) is 8.63 Å². The number of halogens is 2. The van der Waals surface area contributed by atoms with Gasteiger partial charge in [0.25, 0.3) is 0 Å². The van der Waals surface area contributed by atoms with Crippen LogP contribution in [0.2, 0.25) is 0 Å². The molecule has 0 atom stereocenters. The van der Waals surface area contributed by atoms with Crippen LogP contribution in [0.5, 0.6) is 5.75 Å². The van der Waals surface area contributed by atoms with Crippen molar-refractivity contribution in [2.45, 2.75) is 0 Å². The molecule has 0 aliphatic carbocycles. The quantitative estimate of drug-likeness (QED) is 0.352. The van der Waals surface area contributed by atoms with E-state index in [0.717, 1.165) is 6.08 Å². The van der Waals surface area contributed by atoms with Gasteiger partial charge in [0.1, 0.15) is 11.5 Å². The zero-order chi connectivity index (χ0) is 15.9. The van der Waals surface area contributed by atoms with E-state index in [9.17, 15) is 13.4 Å². The van der Waals surface area contributed by atoms with Crippen LogP contribution in [0, 0.1) is 0 Å². The lowest BCUT2D eigenvalue weighted by Gasteiger charge is -2.09. The SMILES string of the molecule is COc1ccc(/C(=C/C(=O)c2ccccc2)OB(F)F)cc1. The summed E-state index contributed by atoms with van der Waals surface area (Å²) in [6.45, 7) is 0. The fourth-order valence-electron chi connectivity index (χ4n) is 1.84. The van der Waals surface area contributed by atoms with Gasteiger partial charge in [-0.3, -0.25) is 4.79 Å². The molecule has 2 rings (SSSR count). The van der Waals surface area contributed by atoms with Crippen molar-refractivity contribution in [3.8, 4) is 5.75 Å². The lowest BCUT2D eigenvalue weighted by molar-refractivity contribution is 0.104. The first kappa shape index (κ1) is 15.8. The summed E-state index contributed by atoms with van der Waals surface area (Å²) in [6.07, 6.45) is 1.06. The molecule has 0 aliphatic rings. The Kier molecular flexibility index (Phi) is 5.30. The van der Waals surface area contributed by atoms with Gasteiger partial charge in [-0.05, 0) is 24.3 Å². The molecule has 0 N–H and O–H groups in total. The highest BCUT2D eigenvalue weighted by atomic mass is 19.2. The smallest absolute Gasteiger partial charge is 0.505 e. The van der Waals surface area contributed by atoms with Crippen LogP contribution >= 0.6 is 0 Å². The van der Waals surface area contributed by atoms with Gasteiger partial charge in [-0.25, -0.2) is 8.63 Å². The number of methoxy groups -OCH3 is 1. The van der Waals surface area contributed by atoms with Crippen molar-refractivity contribution in [2.24, 2.45) is 0 Å². The van der Waals surface area contributed by atoms with Crippen LogP contribution in [0.1, 0.15) is 15.9 Å². The number of carbonyl (C=O) groups is 1. The van der Waals surface area contributed by atoms with E-state index in [4.69, 9.17) is 4.74 Å². The van der Waals surface area contributed by atoms with Crippen molar-refractivity contribution >= 4 is 19.0 Å². The lowest BCUT2D eigenvalue weighted by atomic mass is 10.1. The van der Waals surface area contributed by atoms with Gasteiger partial charge in [-0.2, -0.15) is 0 Å². The maximum Gasteiger partial charge on any atom is 0.796 e. The molecule has 0 saturated heterocycles. The molecule has 3 nitrogen and oxygen atoms in total. The van der Waals surface area contributed by atoms with Crippen LogP contribution in [-0.2, 0) is 4.65 Å². The molecule has 0 aromatic heterocycles. The standard InChI is InChI=1S/C16H13BF2O3/c1-21-14-9-7-13(8-10-14)16(22-17(18)19)11-15(20)12-5-3-2-4-6-12/h2-11H,1H3/b16-11-. The highest BCUT2D eigenvalue weighted by Gasteiger charge is 2.21. The monoisotopic (exact) mass is 302 g/mol. The van der Waals surface area contributed by atoms with E-state index in [2.05, 4.69) is 4.65 Å². The van der Waals surface area contributed by atoms with Crippen molar-refractivity contribution in [1.29, 1.82) is 0 Å². The molecule has 0 radical (unpaired) electrons. The number of rotatable bonds is 6. The minimum atomic E-state index is -3.02. The van der Waals surface area contributed by atoms with Gasteiger partial charge < -0.3 is 9.39 Å². The number of hydrogen-bond acceptors (Lipinski definition) is 3. The van der Waals surface area contributed by atoms with Gasteiger partial charge in [-0.15, -0.1) is 0 Å². The summed E-state index contributed by atoms with van der Waals surface area (Å²) in [5, 5.41) is 0. The molecule has 2 aromatic carbocycles. The van der Waals surface area contributed by atoms with Gasteiger partial charge in [-0.1, -0.05) is 30.3 Å². The summed E-state index contributed by atoms with van der Waals surface area (Å²) >= 11 is 0. The number of ether oxygens (including phenoxy) is 1. The number of hydrogen-bond donors (Lipinski definition) is 0. The number of allylic oxidation sites excluding steroid dienone is 1. The van der Waals surface area contributed by atoms with Gasteiger partial charge >= 0.3 is 7.47 Å². The molecule has 112 valence electrons. The Balaban J connectivity index is 2.32. The van der Waals surface area contributed by atoms with Gasteiger partial charge in [0.05, 0.1) is 7.11 Å². The molecule has 6 heteroatoms. The van der Waals surface area contributed by atoms with Crippen molar-refractivity contribution in [1.82, 2.24) is 0 Å². The molecule has 0 spiro atoms. The average Bonchev–Trinajstić information content (AvgIpc) is 2.54.